The minimum atomic E-state index is -0.640. The van der Waals surface area contributed by atoms with Gasteiger partial charge in [-0.05, 0) is 43.2 Å². The molecule has 0 bridgehead atoms. The molecule has 0 saturated carbocycles. The molecule has 0 aliphatic rings. The van der Waals surface area contributed by atoms with E-state index in [1.54, 1.807) is 43.5 Å². The first-order chi connectivity index (χ1) is 11.1. The molecule has 6 heteroatoms. The summed E-state index contributed by atoms with van der Waals surface area (Å²) in [6.07, 6.45) is 3.47. The average molecular weight is 305 g/mol. The van der Waals surface area contributed by atoms with Crippen molar-refractivity contribution in [3.63, 3.8) is 0 Å². The molecule has 1 aromatic heterocycles. The van der Waals surface area contributed by atoms with Gasteiger partial charge in [0.2, 0.25) is 0 Å². The van der Waals surface area contributed by atoms with Crippen LogP contribution in [-0.4, -0.2) is 23.0 Å². The van der Waals surface area contributed by atoms with Crippen molar-refractivity contribution in [2.24, 2.45) is 0 Å². The number of fused-ring (bicyclic) bond motifs is 1. The Hall–Kier alpha value is -2.86. The molecule has 0 radical (unpaired) electrons. The van der Waals surface area contributed by atoms with Crippen molar-refractivity contribution in [2.45, 2.75) is 6.82 Å². The number of nitrogens with one attached hydrogen (secondary N) is 2. The third-order valence-electron chi connectivity index (χ3n) is 3.45. The van der Waals surface area contributed by atoms with Gasteiger partial charge in [-0.15, -0.1) is 0 Å². The van der Waals surface area contributed by atoms with Crippen LogP contribution >= 0.6 is 0 Å². The molecule has 23 heavy (non-hydrogen) atoms. The van der Waals surface area contributed by atoms with E-state index in [9.17, 15) is 9.82 Å². The molecule has 3 N–H and O–H groups in total. The number of hydrogen-bond acceptors (Lipinski definition) is 4. The lowest BCUT2D eigenvalue weighted by molar-refractivity contribution is 0.102. The number of anilines is 2. The van der Waals surface area contributed by atoms with Gasteiger partial charge in [0.1, 0.15) is 0 Å². The van der Waals surface area contributed by atoms with Gasteiger partial charge in [0.15, 0.2) is 0 Å². The summed E-state index contributed by atoms with van der Waals surface area (Å²) < 4.78 is 0. The number of benzene rings is 2. The molecule has 1 heterocycles. The first-order valence-electron chi connectivity index (χ1n) is 7.32. The van der Waals surface area contributed by atoms with Crippen LogP contribution in [0.5, 0.6) is 0 Å². The highest BCUT2D eigenvalue weighted by Crippen LogP contribution is 2.23. The van der Waals surface area contributed by atoms with E-state index < -0.39 is 7.05 Å². The fourth-order valence-corrected chi connectivity index (χ4v) is 2.39. The molecule has 0 spiro atoms. The summed E-state index contributed by atoms with van der Waals surface area (Å²) in [5.41, 5.74) is 2.06. The first-order valence-corrected chi connectivity index (χ1v) is 7.32. The van der Waals surface area contributed by atoms with Crippen LogP contribution in [0.2, 0.25) is 6.82 Å². The smallest absolute Gasteiger partial charge is 0.406 e. The van der Waals surface area contributed by atoms with Crippen molar-refractivity contribution >= 4 is 35.1 Å². The molecule has 3 aromatic rings. The van der Waals surface area contributed by atoms with Gasteiger partial charge < -0.3 is 15.6 Å². The van der Waals surface area contributed by atoms with Gasteiger partial charge >= 0.3 is 7.05 Å². The van der Waals surface area contributed by atoms with Crippen molar-refractivity contribution in [3.05, 3.63) is 66.5 Å². The minimum absolute atomic E-state index is 0.182. The highest BCUT2D eigenvalue weighted by molar-refractivity contribution is 6.52. The zero-order valence-corrected chi connectivity index (χ0v) is 12.7. The summed E-state index contributed by atoms with van der Waals surface area (Å²) >= 11 is 0. The highest BCUT2D eigenvalue weighted by atomic mass is 16.2. The summed E-state index contributed by atoms with van der Waals surface area (Å²) in [4.78, 5) is 16.5. The van der Waals surface area contributed by atoms with Gasteiger partial charge in [0.25, 0.3) is 5.91 Å². The fraction of sp³-hybridized carbons (Fsp3) is 0.0588. The number of rotatable bonds is 4. The number of amides is 1. The molecule has 1 amide bonds. The number of nitrogens with zero attached hydrogens (tertiary/aromatic N) is 1. The lowest BCUT2D eigenvalue weighted by Crippen LogP contribution is -2.19. The van der Waals surface area contributed by atoms with Crippen LogP contribution in [0, 0.1) is 0 Å². The van der Waals surface area contributed by atoms with Crippen LogP contribution < -0.4 is 10.5 Å². The topological polar surface area (TPSA) is 74.2 Å². The minimum Gasteiger partial charge on any atom is -0.433 e. The van der Waals surface area contributed by atoms with Gasteiger partial charge in [0.05, 0.1) is 0 Å². The van der Waals surface area contributed by atoms with Gasteiger partial charge in [0, 0.05) is 40.1 Å². The Bertz CT molecular complexity index is 829. The Balaban J connectivity index is 1.81. The monoisotopic (exact) mass is 305 g/mol. The molecular weight excluding hydrogens is 289 g/mol. The maximum Gasteiger partial charge on any atom is 0.406 e. The van der Waals surface area contributed by atoms with Gasteiger partial charge in [-0.25, -0.2) is 0 Å². The Kier molecular flexibility index (Phi) is 4.25. The van der Waals surface area contributed by atoms with E-state index in [1.165, 1.54) is 0 Å². The Morgan fingerprint density at radius 2 is 1.91 bits per heavy atom. The van der Waals surface area contributed by atoms with Crippen LogP contribution in [0.4, 0.5) is 11.4 Å². The quantitative estimate of drug-likeness (QED) is 0.648. The van der Waals surface area contributed by atoms with Gasteiger partial charge in [-0.3, -0.25) is 9.78 Å². The Labute approximate surface area is 134 Å². The SMILES string of the molecule is CB(O)Nc1ccc(C(=O)Nc2cccc3cnccc23)cc1. The van der Waals surface area contributed by atoms with E-state index >= 15 is 0 Å². The van der Waals surface area contributed by atoms with Crippen molar-refractivity contribution < 1.29 is 9.82 Å². The average Bonchev–Trinajstić information content (AvgIpc) is 2.55. The second-order valence-corrected chi connectivity index (χ2v) is 5.25. The zero-order valence-electron chi connectivity index (χ0n) is 12.7. The second-order valence-electron chi connectivity index (χ2n) is 5.25. The Morgan fingerprint density at radius 3 is 2.65 bits per heavy atom. The third kappa shape index (κ3) is 3.49. The van der Waals surface area contributed by atoms with Crippen molar-refractivity contribution in [1.82, 2.24) is 4.98 Å². The molecule has 3 rings (SSSR count). The normalized spacial score (nSPS) is 10.3. The standard InChI is InChI=1S/C17H16BN3O2/c1-18(23)21-14-7-5-12(6-8-14)17(22)20-16-4-2-3-13-11-19-10-9-15(13)16/h2-11,21,23H,1H3,(H,20,22). The lowest BCUT2D eigenvalue weighted by atomic mass is 9.88. The zero-order chi connectivity index (χ0) is 16.2. The summed E-state index contributed by atoms with van der Waals surface area (Å²) in [5.74, 6) is -0.182. The maximum absolute atomic E-state index is 12.4. The summed E-state index contributed by atoms with van der Waals surface area (Å²) in [7, 11) is -0.640. The van der Waals surface area contributed by atoms with E-state index in [4.69, 9.17) is 0 Å². The molecular formula is C17H16BN3O2. The third-order valence-corrected chi connectivity index (χ3v) is 3.45. The van der Waals surface area contributed by atoms with Crippen LogP contribution in [0.3, 0.4) is 0 Å². The maximum atomic E-state index is 12.4. The molecule has 0 unspecified atom stereocenters. The number of carbonyl (C=O) groups is 1. The number of aromatic nitrogens is 1. The summed E-state index contributed by atoms with van der Waals surface area (Å²) in [6.45, 7) is 1.63. The predicted molar refractivity (Wildman–Crippen MR) is 93.6 cm³/mol. The second kappa shape index (κ2) is 6.50. The molecule has 0 aliphatic carbocycles. The van der Waals surface area contributed by atoms with Crippen LogP contribution in [0.25, 0.3) is 10.8 Å². The molecule has 0 atom stereocenters. The van der Waals surface area contributed by atoms with E-state index in [2.05, 4.69) is 15.5 Å². The highest BCUT2D eigenvalue weighted by Gasteiger charge is 2.09. The van der Waals surface area contributed by atoms with Crippen molar-refractivity contribution in [3.8, 4) is 0 Å². The van der Waals surface area contributed by atoms with Crippen molar-refractivity contribution in [1.29, 1.82) is 0 Å². The van der Waals surface area contributed by atoms with E-state index in [1.807, 2.05) is 24.3 Å². The molecule has 114 valence electrons. The number of hydrogen-bond donors (Lipinski definition) is 3. The van der Waals surface area contributed by atoms with Gasteiger partial charge in [-0.1, -0.05) is 12.1 Å². The summed E-state index contributed by atoms with van der Waals surface area (Å²) in [6, 6.07) is 14.5. The van der Waals surface area contributed by atoms with E-state index in [-0.39, 0.29) is 5.91 Å². The molecule has 5 nitrogen and oxygen atoms in total. The van der Waals surface area contributed by atoms with E-state index in [0.29, 0.717) is 5.56 Å². The summed E-state index contributed by atoms with van der Waals surface area (Å²) in [5, 5.41) is 17.0. The Morgan fingerprint density at radius 1 is 1.13 bits per heavy atom. The van der Waals surface area contributed by atoms with E-state index in [0.717, 1.165) is 22.1 Å². The molecule has 0 aliphatic heterocycles. The van der Waals surface area contributed by atoms with Crippen molar-refractivity contribution in [2.75, 3.05) is 10.5 Å². The number of pyridine rings is 1. The fourth-order valence-electron chi connectivity index (χ4n) is 2.39. The number of carbonyl (C=O) groups excluding carboxylic acids is 1. The van der Waals surface area contributed by atoms with Crippen LogP contribution in [-0.2, 0) is 0 Å². The molecule has 0 saturated heterocycles. The largest absolute Gasteiger partial charge is 0.433 e. The molecule has 0 fully saturated rings. The van der Waals surface area contributed by atoms with Gasteiger partial charge in [-0.2, -0.15) is 0 Å². The molecule has 2 aromatic carbocycles. The predicted octanol–water partition coefficient (Wildman–Crippen LogP) is 3.01. The first kappa shape index (κ1) is 15.1. The van der Waals surface area contributed by atoms with Crippen LogP contribution in [0.15, 0.2) is 60.9 Å². The van der Waals surface area contributed by atoms with Crippen LogP contribution in [0.1, 0.15) is 10.4 Å². The lowest BCUT2D eigenvalue weighted by Gasteiger charge is -2.10.